The van der Waals surface area contributed by atoms with Gasteiger partial charge in [-0.05, 0) is 37.6 Å². The number of oxime groups is 1. The molecule has 0 aliphatic rings. The van der Waals surface area contributed by atoms with Crippen molar-refractivity contribution in [3.8, 4) is 0 Å². The zero-order chi connectivity index (χ0) is 13.7. The predicted molar refractivity (Wildman–Crippen MR) is 72.5 cm³/mol. The lowest BCUT2D eigenvalue weighted by atomic mass is 10.0. The summed E-state index contributed by atoms with van der Waals surface area (Å²) in [5, 5.41) is 11.6. The second-order valence-corrected chi connectivity index (χ2v) is 4.93. The largest absolute Gasteiger partial charge is 0.409 e. The Kier molecular flexibility index (Phi) is 5.09. The second-order valence-electron chi connectivity index (χ2n) is 4.93. The van der Waals surface area contributed by atoms with Crippen LogP contribution in [0.3, 0.4) is 0 Å². The summed E-state index contributed by atoms with van der Waals surface area (Å²) in [5.74, 6) is 0.636. The number of aromatic nitrogens is 1. The summed E-state index contributed by atoms with van der Waals surface area (Å²) in [4.78, 5) is 6.34. The van der Waals surface area contributed by atoms with E-state index in [-0.39, 0.29) is 5.84 Å². The monoisotopic (exact) mass is 250 g/mol. The Morgan fingerprint density at radius 1 is 1.50 bits per heavy atom. The molecule has 5 heteroatoms. The smallest absolute Gasteiger partial charge is 0.188 e. The van der Waals surface area contributed by atoms with Gasteiger partial charge >= 0.3 is 0 Å². The van der Waals surface area contributed by atoms with E-state index in [1.54, 1.807) is 6.20 Å². The summed E-state index contributed by atoms with van der Waals surface area (Å²) in [5.41, 5.74) is 7.13. The van der Waals surface area contributed by atoms with Crippen molar-refractivity contribution in [2.45, 2.75) is 33.4 Å². The highest BCUT2D eigenvalue weighted by Gasteiger charge is 2.13. The predicted octanol–water partition coefficient (Wildman–Crippen LogP) is 1.65. The summed E-state index contributed by atoms with van der Waals surface area (Å²) in [6.07, 6.45) is 1.68. The van der Waals surface area contributed by atoms with Crippen molar-refractivity contribution >= 4 is 5.84 Å². The summed E-state index contributed by atoms with van der Waals surface area (Å²) < 4.78 is 0. The lowest BCUT2D eigenvalue weighted by Gasteiger charge is -2.27. The molecule has 0 bridgehead atoms. The van der Waals surface area contributed by atoms with Gasteiger partial charge in [0, 0.05) is 18.8 Å². The number of amidine groups is 1. The average Bonchev–Trinajstić information content (AvgIpc) is 2.36. The third-order valence-electron chi connectivity index (χ3n) is 3.29. The van der Waals surface area contributed by atoms with Gasteiger partial charge in [0.05, 0.1) is 0 Å². The highest BCUT2D eigenvalue weighted by Crippen LogP contribution is 2.12. The molecule has 1 aromatic rings. The van der Waals surface area contributed by atoms with Crippen LogP contribution in [0, 0.1) is 5.92 Å². The minimum Gasteiger partial charge on any atom is -0.409 e. The molecule has 1 rings (SSSR count). The lowest BCUT2D eigenvalue weighted by Crippen LogP contribution is -2.32. The summed E-state index contributed by atoms with van der Waals surface area (Å²) in [7, 11) is 2.09. The molecule has 0 aliphatic carbocycles. The van der Waals surface area contributed by atoms with Crippen LogP contribution in [0.15, 0.2) is 23.5 Å². The first-order chi connectivity index (χ1) is 8.45. The molecule has 1 unspecified atom stereocenters. The Morgan fingerprint density at radius 2 is 2.17 bits per heavy atom. The van der Waals surface area contributed by atoms with Crippen LogP contribution in [0.2, 0.25) is 0 Å². The van der Waals surface area contributed by atoms with Crippen LogP contribution in [0.1, 0.15) is 32.0 Å². The van der Waals surface area contributed by atoms with E-state index in [0.717, 1.165) is 12.1 Å². The number of hydrogen-bond donors (Lipinski definition) is 2. The van der Waals surface area contributed by atoms with Crippen LogP contribution in [0.25, 0.3) is 0 Å². The van der Waals surface area contributed by atoms with E-state index in [2.05, 4.69) is 42.9 Å². The Labute approximate surface area is 108 Å². The summed E-state index contributed by atoms with van der Waals surface area (Å²) >= 11 is 0. The van der Waals surface area contributed by atoms with E-state index >= 15 is 0 Å². The van der Waals surface area contributed by atoms with E-state index in [1.807, 2.05) is 12.1 Å². The van der Waals surface area contributed by atoms with E-state index in [4.69, 9.17) is 10.9 Å². The molecule has 0 aromatic carbocycles. The maximum Gasteiger partial charge on any atom is 0.188 e. The molecule has 0 fully saturated rings. The molecule has 0 aliphatic heterocycles. The number of nitrogens with two attached hydrogens (primary N) is 1. The van der Waals surface area contributed by atoms with Crippen LogP contribution < -0.4 is 5.73 Å². The zero-order valence-electron chi connectivity index (χ0n) is 11.5. The lowest BCUT2D eigenvalue weighted by molar-refractivity contribution is 0.200. The van der Waals surface area contributed by atoms with Gasteiger partial charge in [-0.2, -0.15) is 0 Å². The first kappa shape index (κ1) is 14.4. The highest BCUT2D eigenvalue weighted by molar-refractivity contribution is 5.95. The highest BCUT2D eigenvalue weighted by atomic mass is 16.4. The molecule has 0 spiro atoms. The third kappa shape index (κ3) is 3.70. The summed E-state index contributed by atoms with van der Waals surface area (Å²) in [6.45, 7) is 7.43. The molecule has 0 saturated heterocycles. The van der Waals surface area contributed by atoms with Crippen molar-refractivity contribution in [3.63, 3.8) is 0 Å². The quantitative estimate of drug-likeness (QED) is 0.361. The molecule has 0 radical (unpaired) electrons. The normalized spacial score (nSPS) is 14.2. The minimum atomic E-state index is 0.0383. The Hall–Kier alpha value is -1.62. The third-order valence-corrected chi connectivity index (χ3v) is 3.29. The standard InChI is InChI=1S/C13H22N4O/c1-9(2)10(3)17(4)8-11-5-6-15-12(7-11)13(14)16-18/h5-7,9-10,18H,8H2,1-4H3,(H2,14,16). The minimum absolute atomic E-state index is 0.0383. The molecule has 1 aromatic heterocycles. The molecule has 18 heavy (non-hydrogen) atoms. The average molecular weight is 250 g/mol. The van der Waals surface area contributed by atoms with Crippen LogP contribution in [0.4, 0.5) is 0 Å². The maximum absolute atomic E-state index is 8.63. The molecule has 0 saturated carbocycles. The maximum atomic E-state index is 8.63. The van der Waals surface area contributed by atoms with Gasteiger partial charge in [0.1, 0.15) is 5.69 Å². The van der Waals surface area contributed by atoms with E-state index in [1.165, 1.54) is 0 Å². The molecule has 0 amide bonds. The van der Waals surface area contributed by atoms with Gasteiger partial charge in [0.15, 0.2) is 5.84 Å². The van der Waals surface area contributed by atoms with Crippen molar-refractivity contribution in [2.75, 3.05) is 7.05 Å². The first-order valence-corrected chi connectivity index (χ1v) is 6.08. The molecular weight excluding hydrogens is 228 g/mol. The fourth-order valence-corrected chi connectivity index (χ4v) is 1.70. The van der Waals surface area contributed by atoms with Crippen LogP contribution in [-0.2, 0) is 6.54 Å². The van der Waals surface area contributed by atoms with E-state index in [9.17, 15) is 0 Å². The fourth-order valence-electron chi connectivity index (χ4n) is 1.70. The number of nitrogens with zero attached hydrogens (tertiary/aromatic N) is 3. The van der Waals surface area contributed by atoms with Gasteiger partial charge in [0.2, 0.25) is 0 Å². The van der Waals surface area contributed by atoms with Crippen LogP contribution in [0.5, 0.6) is 0 Å². The van der Waals surface area contributed by atoms with Crippen molar-refractivity contribution in [2.24, 2.45) is 16.8 Å². The Morgan fingerprint density at radius 3 is 2.72 bits per heavy atom. The van der Waals surface area contributed by atoms with Gasteiger partial charge in [-0.1, -0.05) is 19.0 Å². The fraction of sp³-hybridized carbons (Fsp3) is 0.538. The van der Waals surface area contributed by atoms with Gasteiger partial charge in [0.25, 0.3) is 0 Å². The molecule has 3 N–H and O–H groups in total. The van der Waals surface area contributed by atoms with Crippen molar-refractivity contribution < 1.29 is 5.21 Å². The van der Waals surface area contributed by atoms with Gasteiger partial charge in [-0.15, -0.1) is 0 Å². The zero-order valence-corrected chi connectivity index (χ0v) is 11.5. The van der Waals surface area contributed by atoms with Gasteiger partial charge in [-0.3, -0.25) is 9.88 Å². The SMILES string of the molecule is CC(C)C(C)N(C)Cc1ccnc(C(N)=NO)c1. The molecule has 1 heterocycles. The molecule has 100 valence electrons. The number of pyridine rings is 1. The first-order valence-electron chi connectivity index (χ1n) is 6.08. The Bertz CT molecular complexity index is 417. The second kappa shape index (κ2) is 6.35. The molecule has 1 atom stereocenters. The van der Waals surface area contributed by atoms with Crippen LogP contribution >= 0.6 is 0 Å². The molecule has 5 nitrogen and oxygen atoms in total. The van der Waals surface area contributed by atoms with Crippen molar-refractivity contribution in [3.05, 3.63) is 29.6 Å². The molecular formula is C13H22N4O. The topological polar surface area (TPSA) is 74.7 Å². The van der Waals surface area contributed by atoms with E-state index in [0.29, 0.717) is 17.7 Å². The van der Waals surface area contributed by atoms with Gasteiger partial charge in [-0.25, -0.2) is 0 Å². The Balaban J connectivity index is 2.79. The van der Waals surface area contributed by atoms with Crippen LogP contribution in [-0.4, -0.2) is 34.0 Å². The van der Waals surface area contributed by atoms with Gasteiger partial charge < -0.3 is 10.9 Å². The van der Waals surface area contributed by atoms with Crippen molar-refractivity contribution in [1.82, 2.24) is 9.88 Å². The van der Waals surface area contributed by atoms with Crippen molar-refractivity contribution in [1.29, 1.82) is 0 Å². The summed E-state index contributed by atoms with van der Waals surface area (Å²) in [6, 6.07) is 4.28. The van der Waals surface area contributed by atoms with E-state index < -0.39 is 0 Å². The number of hydrogen-bond acceptors (Lipinski definition) is 4. The number of rotatable bonds is 5.